The normalized spacial score (nSPS) is 11.5. The van der Waals surface area contributed by atoms with Crippen molar-refractivity contribution in [2.75, 3.05) is 40.3 Å². The molecule has 0 unspecified atom stereocenters. The fraction of sp³-hybridized carbons (Fsp3) is 0.296. The van der Waals surface area contributed by atoms with Gasteiger partial charge >= 0.3 is 0 Å². The number of ether oxygens (including phenoxy) is 1. The molecule has 0 aliphatic heterocycles. The van der Waals surface area contributed by atoms with E-state index >= 15 is 0 Å². The highest BCUT2D eigenvalue weighted by Crippen LogP contribution is 2.16. The van der Waals surface area contributed by atoms with Gasteiger partial charge in [0.15, 0.2) is 5.78 Å². The van der Waals surface area contributed by atoms with Gasteiger partial charge in [-0.05, 0) is 36.4 Å². The molecule has 3 rings (SSSR count). The number of hydrogen-bond donors (Lipinski definition) is 1. The van der Waals surface area contributed by atoms with Crippen molar-refractivity contribution < 1.29 is 39.4 Å². The molecule has 0 bridgehead atoms. The molecule has 0 aliphatic carbocycles. The van der Waals surface area contributed by atoms with E-state index in [1.54, 1.807) is 42.5 Å². The van der Waals surface area contributed by atoms with Gasteiger partial charge in [-0.3, -0.25) is 4.79 Å². The van der Waals surface area contributed by atoms with E-state index in [0.717, 1.165) is 36.2 Å². The molecule has 3 aromatic carbocycles. The Morgan fingerprint density at radius 3 is 1.97 bits per heavy atom. The SMILES string of the molecule is C[N+](C)(CCCNS(=O)(=O)c1ccccc1)CCCOc1ccc(C(=O)c2ccccc2)cc1.[Br-]. The van der Waals surface area contributed by atoms with E-state index in [2.05, 4.69) is 18.8 Å². The van der Waals surface area contributed by atoms with Crippen molar-refractivity contribution in [2.45, 2.75) is 17.7 Å². The van der Waals surface area contributed by atoms with E-state index in [1.165, 1.54) is 0 Å². The van der Waals surface area contributed by atoms with E-state index in [-0.39, 0.29) is 22.8 Å². The molecule has 0 saturated carbocycles. The number of rotatable bonds is 13. The Labute approximate surface area is 219 Å². The van der Waals surface area contributed by atoms with Gasteiger partial charge in [0.1, 0.15) is 5.75 Å². The molecule has 6 nitrogen and oxygen atoms in total. The molecule has 0 aromatic heterocycles. The average molecular weight is 562 g/mol. The van der Waals surface area contributed by atoms with E-state index in [0.29, 0.717) is 29.2 Å². The summed E-state index contributed by atoms with van der Waals surface area (Å²) in [6.07, 6.45) is 1.62. The highest BCUT2D eigenvalue weighted by Gasteiger charge is 2.17. The fourth-order valence-corrected chi connectivity index (χ4v) is 4.74. The van der Waals surface area contributed by atoms with Crippen molar-refractivity contribution in [3.05, 3.63) is 96.1 Å². The first-order valence-electron chi connectivity index (χ1n) is 11.5. The van der Waals surface area contributed by atoms with Crippen molar-refractivity contribution in [1.82, 2.24) is 4.72 Å². The standard InChI is InChI=1S/C27H33N2O4S.BrH/c1-29(2,20-9-19-28-34(31,32)26-13-7-4-8-14-26)21-10-22-33-25-17-15-24(16-18-25)27(30)23-11-5-3-6-12-23;/h3-8,11-18,28H,9-10,19-22H2,1-2H3;1H/q+1;/p-1. The maximum Gasteiger partial charge on any atom is 0.240 e. The summed E-state index contributed by atoms with van der Waals surface area (Å²) in [5.41, 5.74) is 1.31. The highest BCUT2D eigenvalue weighted by molar-refractivity contribution is 7.89. The molecule has 0 amide bonds. The van der Waals surface area contributed by atoms with Crippen LogP contribution in [0.3, 0.4) is 0 Å². The number of sulfonamides is 1. The van der Waals surface area contributed by atoms with Crippen LogP contribution in [0.25, 0.3) is 0 Å². The highest BCUT2D eigenvalue weighted by atomic mass is 79.9. The number of halogens is 1. The second-order valence-corrected chi connectivity index (χ2v) is 10.6. The molecule has 0 heterocycles. The Bertz CT molecular complexity index is 1150. The van der Waals surface area contributed by atoms with Gasteiger partial charge in [0, 0.05) is 30.5 Å². The summed E-state index contributed by atoms with van der Waals surface area (Å²) >= 11 is 0. The van der Waals surface area contributed by atoms with Crippen LogP contribution in [0.1, 0.15) is 28.8 Å². The first-order chi connectivity index (χ1) is 16.3. The van der Waals surface area contributed by atoms with Gasteiger partial charge in [-0.2, -0.15) is 0 Å². The third-order valence-electron chi connectivity index (χ3n) is 5.61. The van der Waals surface area contributed by atoms with Crippen LogP contribution < -0.4 is 26.4 Å². The third kappa shape index (κ3) is 9.22. The van der Waals surface area contributed by atoms with E-state index in [9.17, 15) is 13.2 Å². The zero-order chi connectivity index (χ0) is 24.4. The van der Waals surface area contributed by atoms with Crippen LogP contribution in [0.2, 0.25) is 0 Å². The summed E-state index contributed by atoms with van der Waals surface area (Å²) in [4.78, 5) is 12.8. The van der Waals surface area contributed by atoms with Crippen LogP contribution in [0.5, 0.6) is 5.75 Å². The minimum atomic E-state index is -3.45. The van der Waals surface area contributed by atoms with Crippen LogP contribution in [0, 0.1) is 0 Å². The minimum Gasteiger partial charge on any atom is -1.00 e. The lowest BCUT2D eigenvalue weighted by Gasteiger charge is -2.29. The number of hydrogen-bond acceptors (Lipinski definition) is 4. The molecule has 0 fully saturated rings. The molecule has 188 valence electrons. The van der Waals surface area contributed by atoms with Crippen LogP contribution >= 0.6 is 0 Å². The number of carbonyl (C=O) groups excluding carboxylic acids is 1. The molecule has 0 saturated heterocycles. The predicted octanol–water partition coefficient (Wildman–Crippen LogP) is 1.14. The van der Waals surface area contributed by atoms with Crippen molar-refractivity contribution in [3.63, 3.8) is 0 Å². The number of quaternary nitrogens is 1. The maximum absolute atomic E-state index is 12.5. The summed E-state index contributed by atoms with van der Waals surface area (Å²) in [5.74, 6) is 0.738. The number of benzene rings is 3. The first-order valence-corrected chi connectivity index (χ1v) is 12.9. The summed E-state index contributed by atoms with van der Waals surface area (Å²) in [6, 6.07) is 24.9. The number of carbonyl (C=O) groups is 1. The quantitative estimate of drug-likeness (QED) is 0.193. The second kappa shape index (κ2) is 13.5. The molecule has 0 radical (unpaired) electrons. The monoisotopic (exact) mass is 560 g/mol. The molecule has 0 spiro atoms. The lowest BCUT2D eigenvalue weighted by atomic mass is 10.0. The van der Waals surface area contributed by atoms with Gasteiger partial charge in [0.2, 0.25) is 10.0 Å². The van der Waals surface area contributed by atoms with Crippen molar-refractivity contribution >= 4 is 15.8 Å². The summed E-state index contributed by atoms with van der Waals surface area (Å²) in [7, 11) is 0.817. The van der Waals surface area contributed by atoms with Gasteiger partial charge in [-0.25, -0.2) is 13.1 Å². The Balaban J connectivity index is 0.00000432. The largest absolute Gasteiger partial charge is 1.00 e. The van der Waals surface area contributed by atoms with Gasteiger partial charge < -0.3 is 26.2 Å². The van der Waals surface area contributed by atoms with Crippen molar-refractivity contribution in [1.29, 1.82) is 0 Å². The molecule has 35 heavy (non-hydrogen) atoms. The number of nitrogens with zero attached hydrogens (tertiary/aromatic N) is 1. The first kappa shape index (κ1) is 28.7. The molecular formula is C27H33BrN2O4S. The molecule has 0 atom stereocenters. The van der Waals surface area contributed by atoms with Crippen LogP contribution in [-0.4, -0.2) is 59.0 Å². The summed E-state index contributed by atoms with van der Waals surface area (Å²) < 4.78 is 33.9. The molecule has 8 heteroatoms. The number of nitrogens with one attached hydrogen (secondary N) is 1. The van der Waals surface area contributed by atoms with Crippen molar-refractivity contribution in [2.24, 2.45) is 0 Å². The Morgan fingerprint density at radius 1 is 0.800 bits per heavy atom. The average Bonchev–Trinajstić information content (AvgIpc) is 2.86. The maximum atomic E-state index is 12.5. The smallest absolute Gasteiger partial charge is 0.240 e. The lowest BCUT2D eigenvalue weighted by Crippen LogP contribution is -3.00. The van der Waals surface area contributed by atoms with Crippen LogP contribution in [0.15, 0.2) is 89.8 Å². The van der Waals surface area contributed by atoms with Gasteiger partial charge in [0.25, 0.3) is 0 Å². The molecule has 3 aromatic rings. The summed E-state index contributed by atoms with van der Waals surface area (Å²) in [5, 5.41) is 0. The summed E-state index contributed by atoms with van der Waals surface area (Å²) in [6.45, 7) is 2.75. The van der Waals surface area contributed by atoms with E-state index in [4.69, 9.17) is 4.74 Å². The van der Waals surface area contributed by atoms with Crippen LogP contribution in [0.4, 0.5) is 0 Å². The molecule has 0 aliphatic rings. The van der Waals surface area contributed by atoms with Crippen LogP contribution in [-0.2, 0) is 10.0 Å². The minimum absolute atomic E-state index is 0. The fourth-order valence-electron chi connectivity index (χ4n) is 3.65. The Morgan fingerprint density at radius 2 is 1.34 bits per heavy atom. The Kier molecular flexibility index (Phi) is 11.1. The predicted molar refractivity (Wildman–Crippen MR) is 135 cm³/mol. The zero-order valence-corrected chi connectivity index (χ0v) is 22.6. The molecule has 1 N–H and O–H groups in total. The lowest BCUT2D eigenvalue weighted by molar-refractivity contribution is -0.890. The van der Waals surface area contributed by atoms with E-state index in [1.807, 2.05) is 42.5 Å². The second-order valence-electron chi connectivity index (χ2n) is 8.87. The molecular weight excluding hydrogens is 528 g/mol. The van der Waals surface area contributed by atoms with Gasteiger partial charge in [-0.15, -0.1) is 0 Å². The third-order valence-corrected chi connectivity index (χ3v) is 7.09. The Hall–Kier alpha value is -2.52. The zero-order valence-electron chi connectivity index (χ0n) is 20.2. The van der Waals surface area contributed by atoms with Gasteiger partial charge in [0.05, 0.1) is 38.7 Å². The number of ketones is 1. The van der Waals surface area contributed by atoms with E-state index < -0.39 is 10.0 Å². The van der Waals surface area contributed by atoms with Crippen molar-refractivity contribution in [3.8, 4) is 5.75 Å². The van der Waals surface area contributed by atoms with Gasteiger partial charge in [-0.1, -0.05) is 48.5 Å². The topological polar surface area (TPSA) is 72.5 Å².